The molecular weight excluding hydrogens is 404 g/mol. The van der Waals surface area contributed by atoms with Gasteiger partial charge in [0, 0.05) is 26.5 Å². The van der Waals surface area contributed by atoms with Crippen molar-refractivity contribution in [3.05, 3.63) is 76.0 Å². The van der Waals surface area contributed by atoms with Crippen LogP contribution in [0.1, 0.15) is 24.2 Å². The summed E-state index contributed by atoms with van der Waals surface area (Å²) in [6.45, 7) is 4.22. The summed E-state index contributed by atoms with van der Waals surface area (Å²) < 4.78 is 5.37. The van der Waals surface area contributed by atoms with Crippen molar-refractivity contribution in [2.45, 2.75) is 24.0 Å². The molecule has 2 aromatic carbocycles. The molecule has 2 aromatic heterocycles. The quantitative estimate of drug-likeness (QED) is 0.331. The van der Waals surface area contributed by atoms with E-state index in [-0.39, 0.29) is 5.91 Å². The predicted molar refractivity (Wildman–Crippen MR) is 119 cm³/mol. The lowest BCUT2D eigenvalue weighted by Crippen LogP contribution is -2.12. The van der Waals surface area contributed by atoms with Gasteiger partial charge in [0.2, 0.25) is 0 Å². The summed E-state index contributed by atoms with van der Waals surface area (Å²) in [6.07, 6.45) is 0. The van der Waals surface area contributed by atoms with Gasteiger partial charge in [-0.25, -0.2) is 9.78 Å². The Morgan fingerprint density at radius 1 is 1.14 bits per heavy atom. The maximum absolute atomic E-state index is 12.6. The van der Waals surface area contributed by atoms with Gasteiger partial charge in [0.25, 0.3) is 5.91 Å². The number of carbonyl (C=O) groups is 1. The third-order valence-electron chi connectivity index (χ3n) is 4.11. The Hall–Kier alpha value is -2.90. The van der Waals surface area contributed by atoms with Gasteiger partial charge in [0.1, 0.15) is 5.58 Å². The minimum atomic E-state index is -0.453. The first-order chi connectivity index (χ1) is 14.0. The molecule has 0 aliphatic heterocycles. The summed E-state index contributed by atoms with van der Waals surface area (Å²) in [5.74, 6) is -0.234. The lowest BCUT2D eigenvalue weighted by Gasteiger charge is -2.07. The highest BCUT2D eigenvalue weighted by atomic mass is 32.2. The van der Waals surface area contributed by atoms with Crippen LogP contribution >= 0.6 is 23.1 Å². The monoisotopic (exact) mass is 422 g/mol. The van der Waals surface area contributed by atoms with Gasteiger partial charge in [-0.05, 0) is 30.3 Å². The number of aromatic nitrogens is 1. The largest absolute Gasteiger partial charge is 0.422 e. The van der Waals surface area contributed by atoms with Crippen molar-refractivity contribution in [3.8, 4) is 11.3 Å². The van der Waals surface area contributed by atoms with E-state index >= 15 is 0 Å². The Morgan fingerprint density at radius 3 is 2.79 bits per heavy atom. The van der Waals surface area contributed by atoms with E-state index in [2.05, 4.69) is 24.1 Å². The van der Waals surface area contributed by atoms with Crippen LogP contribution in [0.3, 0.4) is 0 Å². The molecule has 0 spiro atoms. The fraction of sp³-hybridized carbons (Fsp3) is 0.136. The van der Waals surface area contributed by atoms with Crippen LogP contribution in [-0.2, 0) is 0 Å². The molecule has 0 aliphatic carbocycles. The van der Waals surface area contributed by atoms with E-state index < -0.39 is 5.63 Å². The molecule has 4 aromatic rings. The molecule has 1 amide bonds. The average Bonchev–Trinajstić information content (AvgIpc) is 3.15. The number of anilines is 1. The van der Waals surface area contributed by atoms with Crippen LogP contribution < -0.4 is 10.9 Å². The Morgan fingerprint density at radius 2 is 1.97 bits per heavy atom. The highest BCUT2D eigenvalue weighted by Crippen LogP contribution is 2.27. The second-order valence-electron chi connectivity index (χ2n) is 6.67. The van der Waals surface area contributed by atoms with E-state index in [9.17, 15) is 9.59 Å². The third kappa shape index (κ3) is 4.41. The molecule has 4 rings (SSSR count). The average molecular weight is 423 g/mol. The Kier molecular flexibility index (Phi) is 5.51. The number of carbonyl (C=O) groups excluding carboxylic acids is 1. The number of nitrogens with zero attached hydrogens (tertiary/aromatic N) is 1. The SMILES string of the molecule is CC(C)Sc1cccc(C(=O)Nc2nc(-c3cc4ccccc4oc3=O)cs2)c1. The van der Waals surface area contributed by atoms with Crippen molar-refractivity contribution >= 4 is 45.1 Å². The molecule has 2 heterocycles. The number of hydrogen-bond donors (Lipinski definition) is 1. The molecule has 1 N–H and O–H groups in total. The summed E-state index contributed by atoms with van der Waals surface area (Å²) >= 11 is 2.97. The fourth-order valence-electron chi connectivity index (χ4n) is 2.85. The van der Waals surface area contributed by atoms with Crippen LogP contribution in [-0.4, -0.2) is 16.1 Å². The molecule has 0 atom stereocenters. The number of hydrogen-bond acceptors (Lipinski definition) is 6. The molecule has 0 unspecified atom stereocenters. The van der Waals surface area contributed by atoms with Gasteiger partial charge >= 0.3 is 5.63 Å². The van der Waals surface area contributed by atoms with E-state index in [1.807, 2.05) is 36.4 Å². The maximum atomic E-state index is 12.6. The second kappa shape index (κ2) is 8.23. The van der Waals surface area contributed by atoms with Crippen molar-refractivity contribution in [3.63, 3.8) is 0 Å². The molecule has 29 heavy (non-hydrogen) atoms. The van der Waals surface area contributed by atoms with Gasteiger partial charge < -0.3 is 4.42 Å². The number of thioether (sulfide) groups is 1. The van der Waals surface area contributed by atoms with Crippen LogP contribution in [0.5, 0.6) is 0 Å². The minimum Gasteiger partial charge on any atom is -0.422 e. The maximum Gasteiger partial charge on any atom is 0.345 e. The van der Waals surface area contributed by atoms with Gasteiger partial charge in [-0.2, -0.15) is 0 Å². The summed E-state index contributed by atoms with van der Waals surface area (Å²) in [5.41, 5.74) is 1.50. The summed E-state index contributed by atoms with van der Waals surface area (Å²) in [7, 11) is 0. The molecule has 0 saturated carbocycles. The van der Waals surface area contributed by atoms with Crippen LogP contribution in [0.2, 0.25) is 0 Å². The lowest BCUT2D eigenvalue weighted by atomic mass is 10.1. The van der Waals surface area contributed by atoms with E-state index in [0.717, 1.165) is 10.3 Å². The normalized spacial score (nSPS) is 11.1. The molecule has 0 radical (unpaired) electrons. The molecule has 0 fully saturated rings. The van der Waals surface area contributed by atoms with E-state index in [1.54, 1.807) is 35.3 Å². The number of benzene rings is 2. The zero-order valence-electron chi connectivity index (χ0n) is 15.8. The van der Waals surface area contributed by atoms with Gasteiger partial charge in [-0.3, -0.25) is 10.1 Å². The van der Waals surface area contributed by atoms with Crippen LogP contribution in [0.4, 0.5) is 5.13 Å². The Balaban J connectivity index is 1.56. The van der Waals surface area contributed by atoms with E-state index in [0.29, 0.717) is 32.8 Å². The number of thiazole rings is 1. The number of fused-ring (bicyclic) bond motifs is 1. The Labute approximate surface area is 175 Å². The summed E-state index contributed by atoms with van der Waals surface area (Å²) in [4.78, 5) is 30.4. The van der Waals surface area contributed by atoms with Gasteiger partial charge in [0.05, 0.1) is 11.3 Å². The van der Waals surface area contributed by atoms with Crippen molar-refractivity contribution in [1.29, 1.82) is 0 Å². The fourth-order valence-corrected chi connectivity index (χ4v) is 4.45. The topological polar surface area (TPSA) is 72.2 Å². The molecule has 0 bridgehead atoms. The van der Waals surface area contributed by atoms with E-state index in [4.69, 9.17) is 4.42 Å². The molecule has 5 nitrogen and oxygen atoms in total. The second-order valence-corrected chi connectivity index (χ2v) is 9.18. The zero-order valence-corrected chi connectivity index (χ0v) is 17.5. The van der Waals surface area contributed by atoms with Gasteiger partial charge in [-0.15, -0.1) is 23.1 Å². The molecular formula is C22H18N2O3S2. The van der Waals surface area contributed by atoms with Crippen LogP contribution in [0.15, 0.2) is 74.1 Å². The first-order valence-corrected chi connectivity index (χ1v) is 10.8. The summed E-state index contributed by atoms with van der Waals surface area (Å²) in [6, 6.07) is 16.6. The molecule has 0 saturated heterocycles. The summed E-state index contributed by atoms with van der Waals surface area (Å²) in [5, 5.41) is 6.23. The first kappa shape index (κ1) is 19.4. The lowest BCUT2D eigenvalue weighted by molar-refractivity contribution is 0.102. The van der Waals surface area contributed by atoms with Gasteiger partial charge in [-0.1, -0.05) is 38.1 Å². The molecule has 146 valence electrons. The van der Waals surface area contributed by atoms with Crippen molar-refractivity contribution in [2.24, 2.45) is 0 Å². The Bertz CT molecular complexity index is 1240. The first-order valence-electron chi connectivity index (χ1n) is 9.06. The minimum absolute atomic E-state index is 0.234. The highest BCUT2D eigenvalue weighted by molar-refractivity contribution is 7.99. The van der Waals surface area contributed by atoms with Crippen LogP contribution in [0, 0.1) is 0 Å². The van der Waals surface area contributed by atoms with Crippen LogP contribution in [0.25, 0.3) is 22.2 Å². The van der Waals surface area contributed by atoms with Crippen molar-refractivity contribution in [2.75, 3.05) is 5.32 Å². The predicted octanol–water partition coefficient (Wildman–Crippen LogP) is 5.67. The van der Waals surface area contributed by atoms with Crippen molar-refractivity contribution < 1.29 is 9.21 Å². The van der Waals surface area contributed by atoms with Crippen molar-refractivity contribution in [1.82, 2.24) is 4.98 Å². The molecule has 7 heteroatoms. The van der Waals surface area contributed by atoms with E-state index in [1.165, 1.54) is 11.3 Å². The standard InChI is InChI=1S/C22H18N2O3S2/c1-13(2)29-16-8-5-7-15(10-16)20(25)24-22-23-18(12-28-22)17-11-14-6-3-4-9-19(14)27-21(17)26/h3-13H,1-2H3,(H,23,24,25). The number of amides is 1. The highest BCUT2D eigenvalue weighted by Gasteiger charge is 2.14. The number of para-hydroxylation sites is 1. The smallest absolute Gasteiger partial charge is 0.345 e. The molecule has 0 aliphatic rings. The van der Waals surface area contributed by atoms with Gasteiger partial charge in [0.15, 0.2) is 5.13 Å². The number of nitrogens with one attached hydrogen (secondary N) is 1. The number of rotatable bonds is 5. The zero-order chi connectivity index (χ0) is 20.4. The third-order valence-corrected chi connectivity index (χ3v) is 5.87.